The summed E-state index contributed by atoms with van der Waals surface area (Å²) < 4.78 is 42.6. The van der Waals surface area contributed by atoms with E-state index in [1.165, 1.54) is 19.1 Å². The minimum atomic E-state index is -0.328. The SMILES string of the molecule is COc1cc2c(cc1OC)-c1c(c(Nc3cccc(F)c3)nn1CCOCCOCCOC(C)=O)C2. The molecule has 0 amide bonds. The first-order valence-corrected chi connectivity index (χ1v) is 11.7. The Labute approximate surface area is 209 Å². The van der Waals surface area contributed by atoms with E-state index in [4.69, 9.17) is 28.8 Å². The van der Waals surface area contributed by atoms with Gasteiger partial charge in [0.25, 0.3) is 0 Å². The zero-order valence-electron chi connectivity index (χ0n) is 20.6. The first kappa shape index (κ1) is 25.5. The third kappa shape index (κ3) is 5.95. The number of nitrogens with one attached hydrogen (secondary N) is 1. The van der Waals surface area contributed by atoms with Crippen LogP contribution in [0.3, 0.4) is 0 Å². The molecule has 2 aromatic carbocycles. The van der Waals surface area contributed by atoms with Gasteiger partial charge < -0.3 is 29.0 Å². The molecule has 192 valence electrons. The number of esters is 1. The lowest BCUT2D eigenvalue weighted by molar-refractivity contribution is -0.142. The highest BCUT2D eigenvalue weighted by molar-refractivity contribution is 5.82. The maximum absolute atomic E-state index is 13.8. The van der Waals surface area contributed by atoms with Gasteiger partial charge in [0.05, 0.1) is 52.9 Å². The monoisotopic (exact) mass is 499 g/mol. The van der Waals surface area contributed by atoms with E-state index in [2.05, 4.69) is 5.32 Å². The lowest BCUT2D eigenvalue weighted by Crippen LogP contribution is -2.14. The smallest absolute Gasteiger partial charge is 0.302 e. The molecule has 1 aliphatic rings. The van der Waals surface area contributed by atoms with Gasteiger partial charge in [0, 0.05) is 30.2 Å². The molecular formula is C26H30FN3O6. The number of hydrogen-bond acceptors (Lipinski definition) is 8. The molecule has 36 heavy (non-hydrogen) atoms. The van der Waals surface area contributed by atoms with Crippen molar-refractivity contribution < 1.29 is 32.9 Å². The van der Waals surface area contributed by atoms with Crippen molar-refractivity contribution in [3.8, 4) is 22.8 Å². The van der Waals surface area contributed by atoms with E-state index in [9.17, 15) is 9.18 Å². The number of ether oxygens (including phenoxy) is 5. The molecule has 0 aliphatic heterocycles. The highest BCUT2D eigenvalue weighted by Gasteiger charge is 2.29. The topological polar surface area (TPSA) is 93.1 Å². The van der Waals surface area contributed by atoms with E-state index in [0.717, 1.165) is 22.4 Å². The van der Waals surface area contributed by atoms with Crippen LogP contribution in [0.2, 0.25) is 0 Å². The molecule has 0 spiro atoms. The van der Waals surface area contributed by atoms with Crippen LogP contribution in [0, 0.1) is 5.82 Å². The van der Waals surface area contributed by atoms with E-state index in [1.54, 1.807) is 26.4 Å². The van der Waals surface area contributed by atoms with Crippen LogP contribution >= 0.6 is 0 Å². The summed E-state index contributed by atoms with van der Waals surface area (Å²) in [5, 5.41) is 8.04. The van der Waals surface area contributed by atoms with Crippen molar-refractivity contribution in [2.45, 2.75) is 19.9 Å². The van der Waals surface area contributed by atoms with Gasteiger partial charge in [-0.2, -0.15) is 5.10 Å². The van der Waals surface area contributed by atoms with Crippen LogP contribution in [-0.2, 0) is 32.0 Å². The minimum Gasteiger partial charge on any atom is -0.493 e. The van der Waals surface area contributed by atoms with Gasteiger partial charge in [-0.1, -0.05) is 6.07 Å². The average Bonchev–Trinajstić information content (AvgIpc) is 3.39. The molecule has 0 radical (unpaired) electrons. The highest BCUT2D eigenvalue weighted by atomic mass is 19.1. The Balaban J connectivity index is 1.47. The maximum atomic E-state index is 13.8. The summed E-state index contributed by atoms with van der Waals surface area (Å²) in [5.41, 5.74) is 4.70. The fraction of sp³-hybridized carbons (Fsp3) is 0.385. The maximum Gasteiger partial charge on any atom is 0.302 e. The largest absolute Gasteiger partial charge is 0.493 e. The van der Waals surface area contributed by atoms with Gasteiger partial charge in [0.1, 0.15) is 12.4 Å². The van der Waals surface area contributed by atoms with E-state index in [1.807, 2.05) is 16.8 Å². The standard InChI is InChI=1S/C26H30FN3O6/c1-17(31)36-12-11-35-10-9-34-8-7-30-25-21-16-24(33-3)23(32-2)14-18(21)13-22(25)26(29-30)28-20-6-4-5-19(27)15-20/h4-6,14-16H,7-13H2,1-3H3,(H,28,29). The third-order valence-corrected chi connectivity index (χ3v) is 5.72. The molecule has 0 unspecified atom stereocenters. The molecule has 10 heteroatoms. The summed E-state index contributed by atoms with van der Waals surface area (Å²) in [7, 11) is 3.22. The van der Waals surface area contributed by atoms with Gasteiger partial charge in [-0.15, -0.1) is 0 Å². The van der Waals surface area contributed by atoms with Crippen molar-refractivity contribution in [2.24, 2.45) is 0 Å². The van der Waals surface area contributed by atoms with Crippen LogP contribution < -0.4 is 14.8 Å². The molecule has 0 atom stereocenters. The molecule has 1 aromatic heterocycles. The molecule has 0 bridgehead atoms. The molecule has 0 saturated heterocycles. The number of anilines is 2. The molecule has 9 nitrogen and oxygen atoms in total. The number of carbonyl (C=O) groups is 1. The second-order valence-electron chi connectivity index (χ2n) is 8.14. The van der Waals surface area contributed by atoms with E-state index < -0.39 is 0 Å². The van der Waals surface area contributed by atoms with Crippen molar-refractivity contribution in [1.82, 2.24) is 9.78 Å². The van der Waals surface area contributed by atoms with Crippen LogP contribution in [0.15, 0.2) is 36.4 Å². The fourth-order valence-electron chi connectivity index (χ4n) is 4.13. The molecule has 3 aromatic rings. The van der Waals surface area contributed by atoms with E-state index in [-0.39, 0.29) is 18.4 Å². The van der Waals surface area contributed by atoms with Crippen LogP contribution in [0.25, 0.3) is 11.3 Å². The van der Waals surface area contributed by atoms with Gasteiger partial charge in [0.2, 0.25) is 0 Å². The van der Waals surface area contributed by atoms with Crippen molar-refractivity contribution in [3.63, 3.8) is 0 Å². The lowest BCUT2D eigenvalue weighted by atomic mass is 10.1. The number of methoxy groups -OCH3 is 2. The number of nitrogens with zero attached hydrogens (tertiary/aromatic N) is 2. The number of benzene rings is 2. The zero-order valence-corrected chi connectivity index (χ0v) is 20.6. The van der Waals surface area contributed by atoms with Gasteiger partial charge >= 0.3 is 5.97 Å². The Morgan fingerprint density at radius 2 is 1.75 bits per heavy atom. The molecular weight excluding hydrogens is 469 g/mol. The Kier molecular flexibility index (Phi) is 8.40. The minimum absolute atomic E-state index is 0.226. The van der Waals surface area contributed by atoms with Crippen molar-refractivity contribution in [1.29, 1.82) is 0 Å². The Morgan fingerprint density at radius 1 is 1.03 bits per heavy atom. The van der Waals surface area contributed by atoms with Crippen molar-refractivity contribution in [3.05, 3.63) is 53.3 Å². The average molecular weight is 500 g/mol. The summed E-state index contributed by atoms with van der Waals surface area (Å²) in [4.78, 5) is 10.8. The van der Waals surface area contributed by atoms with Crippen LogP contribution in [0.1, 0.15) is 18.1 Å². The van der Waals surface area contributed by atoms with Crippen molar-refractivity contribution in [2.75, 3.05) is 52.6 Å². The first-order chi connectivity index (χ1) is 17.5. The van der Waals surface area contributed by atoms with Gasteiger partial charge in [0.15, 0.2) is 17.3 Å². The summed E-state index contributed by atoms with van der Waals surface area (Å²) in [6, 6.07) is 10.2. The molecule has 0 fully saturated rings. The summed E-state index contributed by atoms with van der Waals surface area (Å²) in [6.07, 6.45) is 0.652. The summed E-state index contributed by atoms with van der Waals surface area (Å²) in [6.45, 7) is 3.64. The second kappa shape index (κ2) is 11.9. The van der Waals surface area contributed by atoms with Crippen LogP contribution in [0.4, 0.5) is 15.9 Å². The molecule has 1 heterocycles. The van der Waals surface area contributed by atoms with Crippen LogP contribution in [0.5, 0.6) is 11.5 Å². The van der Waals surface area contributed by atoms with Gasteiger partial charge in [-0.25, -0.2) is 4.39 Å². The number of fused-ring (bicyclic) bond motifs is 3. The number of rotatable bonds is 13. The second-order valence-corrected chi connectivity index (χ2v) is 8.14. The lowest BCUT2D eigenvalue weighted by Gasteiger charge is -2.12. The number of aromatic nitrogens is 2. The number of halogens is 1. The summed E-state index contributed by atoms with van der Waals surface area (Å²) in [5.74, 6) is 1.32. The first-order valence-electron chi connectivity index (χ1n) is 11.7. The predicted octanol–water partition coefficient (Wildman–Crippen LogP) is 3.95. The highest BCUT2D eigenvalue weighted by Crippen LogP contribution is 2.45. The quantitative estimate of drug-likeness (QED) is 0.218. The number of hydrogen-bond donors (Lipinski definition) is 1. The van der Waals surface area contributed by atoms with Gasteiger partial charge in [-0.3, -0.25) is 9.48 Å². The van der Waals surface area contributed by atoms with E-state index >= 15 is 0 Å². The van der Waals surface area contributed by atoms with Crippen molar-refractivity contribution >= 4 is 17.5 Å². The Morgan fingerprint density at radius 3 is 2.47 bits per heavy atom. The molecule has 1 aliphatic carbocycles. The molecule has 1 N–H and O–H groups in total. The molecule has 4 rings (SSSR count). The fourth-order valence-corrected chi connectivity index (χ4v) is 4.13. The summed E-state index contributed by atoms with van der Waals surface area (Å²) >= 11 is 0. The third-order valence-electron chi connectivity index (χ3n) is 5.72. The van der Waals surface area contributed by atoms with Gasteiger partial charge in [-0.05, 0) is 35.9 Å². The Hall–Kier alpha value is -3.63. The molecule has 0 saturated carbocycles. The zero-order chi connectivity index (χ0) is 25.5. The normalized spacial score (nSPS) is 11.7. The van der Waals surface area contributed by atoms with Crippen LogP contribution in [-0.4, -0.2) is 63.0 Å². The number of carbonyl (C=O) groups excluding carboxylic acids is 1. The van der Waals surface area contributed by atoms with E-state index in [0.29, 0.717) is 62.4 Å². The Bertz CT molecular complexity index is 1210. The predicted molar refractivity (Wildman–Crippen MR) is 132 cm³/mol.